The molecule has 24 heavy (non-hydrogen) atoms. The summed E-state index contributed by atoms with van der Waals surface area (Å²) in [4.78, 5) is 20.2. The first-order valence-electron chi connectivity index (χ1n) is 7.71. The number of hydrogen-bond acceptors (Lipinski definition) is 5. The summed E-state index contributed by atoms with van der Waals surface area (Å²) in [6.07, 6.45) is 3.98. The first-order valence-corrected chi connectivity index (χ1v) is 7.71. The van der Waals surface area contributed by atoms with Crippen LogP contribution in [0, 0.1) is 12.7 Å². The number of amides is 1. The molecule has 122 valence electrons. The van der Waals surface area contributed by atoms with Gasteiger partial charge in [0.25, 0.3) is 5.91 Å². The minimum absolute atomic E-state index is 0.0457. The lowest BCUT2D eigenvalue weighted by atomic mass is 10.0. The van der Waals surface area contributed by atoms with Gasteiger partial charge in [-0.3, -0.25) is 14.5 Å². The molecule has 0 fully saturated rings. The lowest BCUT2D eigenvalue weighted by molar-refractivity contribution is 0.102. The van der Waals surface area contributed by atoms with E-state index >= 15 is 0 Å². The maximum atomic E-state index is 12.9. The van der Waals surface area contributed by atoms with E-state index in [1.165, 1.54) is 0 Å². The van der Waals surface area contributed by atoms with Crippen molar-refractivity contribution in [2.45, 2.75) is 32.6 Å². The molecule has 3 aromatic heterocycles. The van der Waals surface area contributed by atoms with Crippen LogP contribution in [0.2, 0.25) is 0 Å². The van der Waals surface area contributed by atoms with E-state index < -0.39 is 5.82 Å². The van der Waals surface area contributed by atoms with Gasteiger partial charge in [-0.15, -0.1) is 10.2 Å². The number of nitrogens with zero attached hydrogens (tertiary/aromatic N) is 5. The van der Waals surface area contributed by atoms with Gasteiger partial charge in [0.2, 0.25) is 5.95 Å². The topological polar surface area (TPSA) is 85.1 Å². The zero-order valence-corrected chi connectivity index (χ0v) is 13.2. The van der Waals surface area contributed by atoms with Crippen LogP contribution in [0.5, 0.6) is 0 Å². The molecule has 0 spiro atoms. The van der Waals surface area contributed by atoms with Gasteiger partial charge in [0.1, 0.15) is 5.82 Å². The first-order chi connectivity index (χ1) is 11.5. The van der Waals surface area contributed by atoms with Crippen molar-refractivity contribution in [3.8, 4) is 0 Å². The largest absolute Gasteiger partial charge is 0.290 e. The second kappa shape index (κ2) is 5.33. The number of carbonyl (C=O) groups excluding carboxylic acids is 1. The minimum atomic E-state index is -0.560. The second-order valence-corrected chi connectivity index (χ2v) is 5.99. The molecule has 0 aliphatic heterocycles. The highest BCUT2D eigenvalue weighted by atomic mass is 19.1. The van der Waals surface area contributed by atoms with Crippen LogP contribution in [-0.2, 0) is 6.42 Å². The predicted octanol–water partition coefficient (Wildman–Crippen LogP) is 2.27. The summed E-state index contributed by atoms with van der Waals surface area (Å²) in [6.45, 7) is 4.01. The number of carbonyl (C=O) groups is 1. The molecule has 1 aliphatic carbocycles. The van der Waals surface area contributed by atoms with Gasteiger partial charge < -0.3 is 0 Å². The molecule has 1 aliphatic rings. The number of nitrogens with one attached hydrogen (secondary N) is 1. The van der Waals surface area contributed by atoms with Crippen LogP contribution >= 0.6 is 0 Å². The van der Waals surface area contributed by atoms with Crippen molar-refractivity contribution in [3.63, 3.8) is 0 Å². The summed E-state index contributed by atoms with van der Waals surface area (Å²) in [5.41, 5.74) is 3.22. The van der Waals surface area contributed by atoms with E-state index in [2.05, 4.69) is 32.4 Å². The Bertz CT molecular complexity index is 949. The highest BCUT2D eigenvalue weighted by Gasteiger charge is 2.27. The Morgan fingerprint density at radius 1 is 1.33 bits per heavy atom. The molecule has 8 heteroatoms. The van der Waals surface area contributed by atoms with Crippen molar-refractivity contribution in [3.05, 3.63) is 46.9 Å². The van der Waals surface area contributed by atoms with Gasteiger partial charge >= 0.3 is 0 Å². The van der Waals surface area contributed by atoms with E-state index in [9.17, 15) is 9.18 Å². The van der Waals surface area contributed by atoms with Crippen molar-refractivity contribution in [2.75, 3.05) is 5.32 Å². The Labute approximate surface area is 137 Å². The summed E-state index contributed by atoms with van der Waals surface area (Å²) >= 11 is 0. The summed E-state index contributed by atoms with van der Waals surface area (Å²) in [5, 5.41) is 10.8. The number of fused-ring (bicyclic) bond motifs is 3. The van der Waals surface area contributed by atoms with Gasteiger partial charge in [0.15, 0.2) is 11.5 Å². The number of anilines is 1. The number of hydrogen-bond donors (Lipinski definition) is 1. The third-order valence-corrected chi connectivity index (χ3v) is 4.40. The third kappa shape index (κ3) is 2.22. The quantitative estimate of drug-likeness (QED) is 0.781. The molecule has 0 saturated heterocycles. The van der Waals surface area contributed by atoms with Gasteiger partial charge in [-0.25, -0.2) is 14.4 Å². The van der Waals surface area contributed by atoms with E-state index in [0.717, 1.165) is 42.3 Å². The lowest BCUT2D eigenvalue weighted by Gasteiger charge is -2.11. The van der Waals surface area contributed by atoms with Crippen LogP contribution in [0.15, 0.2) is 18.5 Å². The van der Waals surface area contributed by atoms with Crippen molar-refractivity contribution < 1.29 is 9.18 Å². The third-order valence-electron chi connectivity index (χ3n) is 4.40. The van der Waals surface area contributed by atoms with Gasteiger partial charge in [-0.05, 0) is 37.3 Å². The monoisotopic (exact) mass is 326 g/mol. The summed E-state index contributed by atoms with van der Waals surface area (Å²) < 4.78 is 14.8. The average molecular weight is 326 g/mol. The molecule has 0 saturated carbocycles. The predicted molar refractivity (Wildman–Crippen MR) is 84.4 cm³/mol. The van der Waals surface area contributed by atoms with Crippen LogP contribution in [0.3, 0.4) is 0 Å². The molecular formula is C16H15FN6O. The molecule has 1 unspecified atom stereocenters. The van der Waals surface area contributed by atoms with Crippen molar-refractivity contribution in [2.24, 2.45) is 0 Å². The van der Waals surface area contributed by atoms with E-state index in [4.69, 9.17) is 0 Å². The number of halogens is 1. The maximum absolute atomic E-state index is 12.9. The smallest absolute Gasteiger partial charge is 0.261 e. The highest BCUT2D eigenvalue weighted by Crippen LogP contribution is 2.34. The zero-order valence-electron chi connectivity index (χ0n) is 13.2. The molecule has 4 rings (SSSR count). The highest BCUT2D eigenvalue weighted by molar-refractivity contribution is 6.07. The summed E-state index contributed by atoms with van der Waals surface area (Å²) in [5.74, 6) is 0.225. The number of aromatic nitrogens is 5. The molecular weight excluding hydrogens is 311 g/mol. The van der Waals surface area contributed by atoms with Gasteiger partial charge in [0, 0.05) is 5.69 Å². The fourth-order valence-electron chi connectivity index (χ4n) is 3.20. The molecule has 3 heterocycles. The maximum Gasteiger partial charge on any atom is 0.261 e. The van der Waals surface area contributed by atoms with Crippen LogP contribution in [0.4, 0.5) is 10.3 Å². The molecule has 7 nitrogen and oxygen atoms in total. The number of rotatable bonds is 2. The Morgan fingerprint density at radius 3 is 2.83 bits per heavy atom. The van der Waals surface area contributed by atoms with Gasteiger partial charge in [0.05, 0.1) is 18.0 Å². The SMILES string of the molecule is Cc1nnc2c(C(=O)Nc3ncc(F)cn3)cc3c(n12)CCC3C. The zero-order chi connectivity index (χ0) is 16.8. The Hall–Kier alpha value is -2.90. The fourth-order valence-corrected chi connectivity index (χ4v) is 3.20. The van der Waals surface area contributed by atoms with Crippen molar-refractivity contribution >= 4 is 17.5 Å². The molecule has 1 N–H and O–H groups in total. The van der Waals surface area contributed by atoms with E-state index in [0.29, 0.717) is 17.1 Å². The lowest BCUT2D eigenvalue weighted by Crippen LogP contribution is -2.17. The van der Waals surface area contributed by atoms with E-state index in [1.54, 1.807) is 0 Å². The van der Waals surface area contributed by atoms with Crippen LogP contribution in [0.1, 0.15) is 46.7 Å². The summed E-state index contributed by atoms with van der Waals surface area (Å²) in [7, 11) is 0. The Balaban J connectivity index is 1.80. The Morgan fingerprint density at radius 2 is 2.08 bits per heavy atom. The van der Waals surface area contributed by atoms with Crippen LogP contribution < -0.4 is 5.32 Å². The van der Waals surface area contributed by atoms with Gasteiger partial charge in [-0.1, -0.05) is 6.92 Å². The van der Waals surface area contributed by atoms with E-state index in [-0.39, 0.29) is 11.9 Å². The van der Waals surface area contributed by atoms with Crippen molar-refractivity contribution in [1.82, 2.24) is 24.6 Å². The minimum Gasteiger partial charge on any atom is -0.290 e. The Kier molecular flexibility index (Phi) is 3.26. The molecule has 0 aromatic carbocycles. The standard InChI is InChI=1S/C16H15FN6O/c1-8-3-4-13-11(8)5-12(14-22-21-9(2)23(13)14)15(24)20-16-18-6-10(17)7-19-16/h5-8H,3-4H2,1-2H3,(H,18,19,20,24). The number of pyridine rings is 1. The molecule has 1 amide bonds. The van der Waals surface area contributed by atoms with E-state index in [1.807, 2.05) is 17.4 Å². The average Bonchev–Trinajstić information content (AvgIpc) is 3.12. The molecule has 0 bridgehead atoms. The second-order valence-electron chi connectivity index (χ2n) is 5.99. The number of aryl methyl sites for hydroxylation is 2. The van der Waals surface area contributed by atoms with Crippen molar-refractivity contribution in [1.29, 1.82) is 0 Å². The molecule has 0 radical (unpaired) electrons. The molecule has 3 aromatic rings. The van der Waals surface area contributed by atoms with Gasteiger partial charge in [-0.2, -0.15) is 0 Å². The normalized spacial score (nSPS) is 16.4. The van der Waals surface area contributed by atoms with Crippen LogP contribution in [0.25, 0.3) is 5.65 Å². The fraction of sp³-hybridized carbons (Fsp3) is 0.312. The first kappa shape index (κ1) is 14.7. The summed E-state index contributed by atoms with van der Waals surface area (Å²) in [6, 6.07) is 1.87. The van der Waals surface area contributed by atoms with Crippen LogP contribution in [-0.4, -0.2) is 30.5 Å². The molecule has 1 atom stereocenters.